The Balaban J connectivity index is 2.03. The Morgan fingerprint density at radius 2 is 2.31 bits per heavy atom. The lowest BCUT2D eigenvalue weighted by molar-refractivity contribution is 0.0776. The van der Waals surface area contributed by atoms with Crippen molar-refractivity contribution >= 4 is 5.91 Å². The lowest BCUT2D eigenvalue weighted by Crippen LogP contribution is -2.27. The van der Waals surface area contributed by atoms with Crippen LogP contribution in [0.2, 0.25) is 0 Å². The molecule has 0 radical (unpaired) electrons. The van der Waals surface area contributed by atoms with Crippen molar-refractivity contribution in [2.45, 2.75) is 13.5 Å². The second-order valence-corrected chi connectivity index (χ2v) is 3.47. The van der Waals surface area contributed by atoms with Gasteiger partial charge in [-0.2, -0.15) is 10.2 Å². The summed E-state index contributed by atoms with van der Waals surface area (Å²) in [4.78, 5) is 17.5. The first-order valence-electron chi connectivity index (χ1n) is 4.79. The van der Waals surface area contributed by atoms with Crippen molar-refractivity contribution in [3.05, 3.63) is 29.6 Å². The molecule has 2 aromatic rings. The average Bonchev–Trinajstić information content (AvgIpc) is 2.88. The van der Waals surface area contributed by atoms with Gasteiger partial charge in [-0.15, -0.1) is 0 Å². The van der Waals surface area contributed by atoms with E-state index >= 15 is 0 Å². The molecule has 0 unspecified atom stereocenters. The van der Waals surface area contributed by atoms with Gasteiger partial charge in [0.15, 0.2) is 5.82 Å². The summed E-state index contributed by atoms with van der Waals surface area (Å²) in [5.41, 5.74) is 0.453. The van der Waals surface area contributed by atoms with E-state index in [-0.39, 0.29) is 5.91 Å². The van der Waals surface area contributed by atoms with E-state index < -0.39 is 0 Å². The Morgan fingerprint density at radius 3 is 2.88 bits per heavy atom. The van der Waals surface area contributed by atoms with Crippen LogP contribution >= 0.6 is 0 Å². The number of carbonyl (C=O) groups is 1. The first kappa shape index (κ1) is 10.3. The molecule has 0 spiro atoms. The van der Waals surface area contributed by atoms with Crippen molar-refractivity contribution < 1.29 is 4.79 Å². The van der Waals surface area contributed by atoms with Gasteiger partial charge in [-0.05, 0) is 13.0 Å². The van der Waals surface area contributed by atoms with Crippen LogP contribution in [0.5, 0.6) is 0 Å². The highest BCUT2D eigenvalue weighted by Crippen LogP contribution is 2.02. The molecule has 0 atom stereocenters. The minimum Gasteiger partial charge on any atom is -0.333 e. The Bertz CT molecular complexity index is 474. The summed E-state index contributed by atoms with van der Waals surface area (Å²) in [6, 6.07) is 1.63. The van der Waals surface area contributed by atoms with E-state index in [9.17, 15) is 4.79 Å². The standard InChI is InChI=1S/C9H12N6O/c1-6-11-8(14-12-6)5-15(2)9(16)7-3-4-10-13-7/h3-4H,5H2,1-2H3,(H,10,13)(H,11,12,14). The monoisotopic (exact) mass is 220 g/mol. The van der Waals surface area contributed by atoms with Crippen LogP contribution in [0.3, 0.4) is 0 Å². The number of aromatic nitrogens is 5. The fourth-order valence-corrected chi connectivity index (χ4v) is 1.32. The van der Waals surface area contributed by atoms with Gasteiger partial charge in [0.2, 0.25) is 0 Å². The zero-order chi connectivity index (χ0) is 11.5. The van der Waals surface area contributed by atoms with Gasteiger partial charge in [-0.25, -0.2) is 4.98 Å². The fourth-order valence-electron chi connectivity index (χ4n) is 1.32. The molecular weight excluding hydrogens is 208 g/mol. The van der Waals surface area contributed by atoms with Gasteiger partial charge in [0.05, 0.1) is 6.54 Å². The topological polar surface area (TPSA) is 90.6 Å². The fraction of sp³-hybridized carbons (Fsp3) is 0.333. The van der Waals surface area contributed by atoms with E-state index in [1.807, 2.05) is 6.92 Å². The van der Waals surface area contributed by atoms with Gasteiger partial charge in [0, 0.05) is 13.2 Å². The first-order chi connectivity index (χ1) is 7.66. The summed E-state index contributed by atoms with van der Waals surface area (Å²) in [5.74, 6) is 1.19. The first-order valence-corrected chi connectivity index (χ1v) is 4.79. The number of nitrogens with zero attached hydrogens (tertiary/aromatic N) is 4. The van der Waals surface area contributed by atoms with Crippen molar-refractivity contribution in [1.82, 2.24) is 30.3 Å². The van der Waals surface area contributed by atoms with Crippen molar-refractivity contribution in [3.8, 4) is 0 Å². The smallest absolute Gasteiger partial charge is 0.272 e. The molecule has 1 amide bonds. The zero-order valence-electron chi connectivity index (χ0n) is 9.06. The summed E-state index contributed by atoms with van der Waals surface area (Å²) in [7, 11) is 1.69. The Hall–Kier alpha value is -2.18. The van der Waals surface area contributed by atoms with E-state index in [4.69, 9.17) is 0 Å². The maximum atomic E-state index is 11.8. The number of hydrogen-bond donors (Lipinski definition) is 2. The van der Waals surface area contributed by atoms with Crippen molar-refractivity contribution in [1.29, 1.82) is 0 Å². The summed E-state index contributed by atoms with van der Waals surface area (Å²) < 4.78 is 0. The molecule has 0 aliphatic rings. The predicted octanol–water partition coefficient (Wildman–Crippen LogP) is 0.108. The molecule has 0 saturated heterocycles. The molecule has 2 aromatic heterocycles. The molecule has 7 heteroatoms. The third kappa shape index (κ3) is 2.08. The number of aromatic amines is 2. The van der Waals surface area contributed by atoms with Gasteiger partial charge in [0.25, 0.3) is 5.91 Å². The molecule has 0 bridgehead atoms. The van der Waals surface area contributed by atoms with Crippen LogP contribution in [0.4, 0.5) is 0 Å². The molecular formula is C9H12N6O. The van der Waals surface area contributed by atoms with Crippen LogP contribution in [-0.2, 0) is 6.54 Å². The van der Waals surface area contributed by atoms with Crippen LogP contribution in [-0.4, -0.2) is 43.2 Å². The minimum atomic E-state index is -0.139. The van der Waals surface area contributed by atoms with Crippen molar-refractivity contribution in [2.24, 2.45) is 0 Å². The summed E-state index contributed by atoms with van der Waals surface area (Å²) in [5, 5.41) is 13.0. The third-order valence-electron chi connectivity index (χ3n) is 2.10. The second kappa shape index (κ2) is 4.13. The van der Waals surface area contributed by atoms with Crippen molar-refractivity contribution in [3.63, 3.8) is 0 Å². The van der Waals surface area contributed by atoms with Crippen LogP contribution in [0.25, 0.3) is 0 Å². The van der Waals surface area contributed by atoms with E-state index in [0.717, 1.165) is 5.82 Å². The minimum absolute atomic E-state index is 0.139. The van der Waals surface area contributed by atoms with Gasteiger partial charge in [-0.1, -0.05) is 0 Å². The van der Waals surface area contributed by atoms with Gasteiger partial charge in [-0.3, -0.25) is 15.0 Å². The highest BCUT2D eigenvalue weighted by molar-refractivity contribution is 5.91. The summed E-state index contributed by atoms with van der Waals surface area (Å²) in [6.45, 7) is 2.18. The SMILES string of the molecule is Cc1nc(CN(C)C(=O)c2ccn[nH]2)n[nH]1. The quantitative estimate of drug-likeness (QED) is 0.768. The molecule has 2 rings (SSSR count). The van der Waals surface area contributed by atoms with E-state index in [1.165, 1.54) is 11.1 Å². The molecule has 84 valence electrons. The zero-order valence-corrected chi connectivity index (χ0v) is 9.06. The van der Waals surface area contributed by atoms with Crippen LogP contribution in [0, 0.1) is 6.92 Å². The lowest BCUT2D eigenvalue weighted by atomic mass is 10.3. The van der Waals surface area contributed by atoms with E-state index in [2.05, 4.69) is 25.4 Å². The summed E-state index contributed by atoms with van der Waals surface area (Å²) >= 11 is 0. The molecule has 2 N–H and O–H groups in total. The maximum absolute atomic E-state index is 11.8. The largest absolute Gasteiger partial charge is 0.333 e. The molecule has 0 saturated carbocycles. The number of H-pyrrole nitrogens is 2. The maximum Gasteiger partial charge on any atom is 0.272 e. The van der Waals surface area contributed by atoms with Gasteiger partial charge in [0.1, 0.15) is 11.5 Å². The van der Waals surface area contributed by atoms with Crippen molar-refractivity contribution in [2.75, 3.05) is 7.05 Å². The van der Waals surface area contributed by atoms with Crippen LogP contribution in [0.1, 0.15) is 22.1 Å². The molecule has 7 nitrogen and oxygen atoms in total. The molecule has 16 heavy (non-hydrogen) atoms. The van der Waals surface area contributed by atoms with E-state index in [1.54, 1.807) is 13.1 Å². The number of amides is 1. The summed E-state index contributed by atoms with van der Waals surface area (Å²) in [6.07, 6.45) is 1.54. The molecule has 0 fully saturated rings. The highest BCUT2D eigenvalue weighted by atomic mass is 16.2. The normalized spacial score (nSPS) is 10.4. The molecule has 0 aliphatic heterocycles. The third-order valence-corrected chi connectivity index (χ3v) is 2.10. The average molecular weight is 220 g/mol. The number of rotatable bonds is 3. The van der Waals surface area contributed by atoms with Crippen LogP contribution in [0.15, 0.2) is 12.3 Å². The van der Waals surface area contributed by atoms with Crippen LogP contribution < -0.4 is 0 Å². The highest BCUT2D eigenvalue weighted by Gasteiger charge is 2.14. The number of aryl methyl sites for hydroxylation is 1. The molecule has 0 aliphatic carbocycles. The predicted molar refractivity (Wildman–Crippen MR) is 55.5 cm³/mol. The lowest BCUT2D eigenvalue weighted by Gasteiger charge is -2.13. The second-order valence-electron chi connectivity index (χ2n) is 3.47. The molecule has 0 aromatic carbocycles. The number of nitrogens with one attached hydrogen (secondary N) is 2. The number of hydrogen-bond acceptors (Lipinski definition) is 4. The Morgan fingerprint density at radius 1 is 1.50 bits per heavy atom. The molecule has 2 heterocycles. The van der Waals surface area contributed by atoms with Gasteiger partial charge < -0.3 is 4.90 Å². The Kier molecular flexibility index (Phi) is 2.67. The van der Waals surface area contributed by atoms with Gasteiger partial charge >= 0.3 is 0 Å². The Labute approximate surface area is 91.9 Å². The van der Waals surface area contributed by atoms with E-state index in [0.29, 0.717) is 18.1 Å². The number of carbonyl (C=O) groups excluding carboxylic acids is 1.